The van der Waals surface area contributed by atoms with Gasteiger partial charge >= 0.3 is 0 Å². The number of aromatic nitrogens is 2. The smallest absolute Gasteiger partial charge is 0.222 e. The SMILES string of the molecule is CSCCCCCCNc1ncc(F)cn1. The molecule has 3 nitrogen and oxygen atoms in total. The highest BCUT2D eigenvalue weighted by molar-refractivity contribution is 7.98. The van der Waals surface area contributed by atoms with Crippen LogP contribution in [-0.4, -0.2) is 28.5 Å². The Hall–Kier alpha value is -0.840. The number of halogens is 1. The highest BCUT2D eigenvalue weighted by Crippen LogP contribution is 2.05. The molecule has 0 atom stereocenters. The van der Waals surface area contributed by atoms with E-state index in [1.165, 1.54) is 37.4 Å². The first kappa shape index (κ1) is 13.2. The van der Waals surface area contributed by atoms with Gasteiger partial charge in [-0.05, 0) is 24.9 Å². The summed E-state index contributed by atoms with van der Waals surface area (Å²) < 4.78 is 12.5. The lowest BCUT2D eigenvalue weighted by Crippen LogP contribution is -2.05. The Morgan fingerprint density at radius 1 is 1.19 bits per heavy atom. The van der Waals surface area contributed by atoms with Gasteiger partial charge in [0.15, 0.2) is 5.82 Å². The van der Waals surface area contributed by atoms with E-state index in [1.54, 1.807) is 0 Å². The minimum Gasteiger partial charge on any atom is -0.354 e. The maximum atomic E-state index is 12.5. The molecule has 1 N–H and O–H groups in total. The molecule has 0 saturated carbocycles. The zero-order valence-electron chi connectivity index (χ0n) is 9.58. The lowest BCUT2D eigenvalue weighted by atomic mass is 10.2. The Labute approximate surface area is 100 Å². The fourth-order valence-electron chi connectivity index (χ4n) is 1.33. The number of anilines is 1. The van der Waals surface area contributed by atoms with E-state index in [0.29, 0.717) is 5.95 Å². The van der Waals surface area contributed by atoms with Gasteiger partial charge in [0.1, 0.15) is 0 Å². The number of thioether (sulfide) groups is 1. The molecule has 1 aromatic rings. The standard InChI is InChI=1S/C11H18FN3S/c1-16-7-5-3-2-4-6-13-11-14-8-10(12)9-15-11/h8-9H,2-7H2,1H3,(H,13,14,15). The average Bonchev–Trinajstić information content (AvgIpc) is 2.30. The maximum Gasteiger partial charge on any atom is 0.222 e. The van der Waals surface area contributed by atoms with Gasteiger partial charge in [0, 0.05) is 6.54 Å². The Bertz CT molecular complexity index is 279. The van der Waals surface area contributed by atoms with Crippen LogP contribution in [-0.2, 0) is 0 Å². The third-order valence-electron chi connectivity index (χ3n) is 2.18. The molecule has 0 aromatic carbocycles. The third kappa shape index (κ3) is 5.90. The molecule has 0 saturated heterocycles. The van der Waals surface area contributed by atoms with Crippen LogP contribution in [0.5, 0.6) is 0 Å². The topological polar surface area (TPSA) is 37.8 Å². The van der Waals surface area contributed by atoms with Crippen molar-refractivity contribution in [1.82, 2.24) is 9.97 Å². The van der Waals surface area contributed by atoms with E-state index in [0.717, 1.165) is 13.0 Å². The Morgan fingerprint density at radius 2 is 1.88 bits per heavy atom. The van der Waals surface area contributed by atoms with E-state index in [4.69, 9.17) is 0 Å². The Morgan fingerprint density at radius 3 is 2.56 bits per heavy atom. The second-order valence-corrected chi connectivity index (χ2v) is 4.54. The van der Waals surface area contributed by atoms with E-state index in [1.807, 2.05) is 11.8 Å². The molecule has 0 amide bonds. The predicted molar refractivity (Wildman–Crippen MR) is 67.3 cm³/mol. The summed E-state index contributed by atoms with van der Waals surface area (Å²) >= 11 is 1.89. The van der Waals surface area contributed by atoms with Crippen LogP contribution in [0.4, 0.5) is 10.3 Å². The van der Waals surface area contributed by atoms with Gasteiger partial charge in [0.05, 0.1) is 12.4 Å². The summed E-state index contributed by atoms with van der Waals surface area (Å²) in [5.74, 6) is 1.35. The van der Waals surface area contributed by atoms with Gasteiger partial charge in [0.25, 0.3) is 0 Å². The molecule has 0 aliphatic heterocycles. The predicted octanol–water partition coefficient (Wildman–Crippen LogP) is 2.95. The largest absolute Gasteiger partial charge is 0.354 e. The molecule has 0 fully saturated rings. The second kappa shape index (κ2) is 8.33. The minimum absolute atomic E-state index is 0.400. The number of nitrogens with one attached hydrogen (secondary N) is 1. The molecular weight excluding hydrogens is 225 g/mol. The van der Waals surface area contributed by atoms with Gasteiger partial charge < -0.3 is 5.32 Å². The van der Waals surface area contributed by atoms with Gasteiger partial charge in [-0.25, -0.2) is 14.4 Å². The number of rotatable bonds is 8. The maximum absolute atomic E-state index is 12.5. The number of hydrogen-bond acceptors (Lipinski definition) is 4. The molecule has 0 radical (unpaired) electrons. The van der Waals surface area contributed by atoms with Crippen LogP contribution in [0.3, 0.4) is 0 Å². The average molecular weight is 243 g/mol. The molecule has 0 bridgehead atoms. The first-order valence-corrected chi connectivity index (χ1v) is 6.92. The second-order valence-electron chi connectivity index (χ2n) is 3.56. The van der Waals surface area contributed by atoms with E-state index in [-0.39, 0.29) is 0 Å². The Kier molecular flexibility index (Phi) is 6.88. The Balaban J connectivity index is 2.01. The van der Waals surface area contributed by atoms with Gasteiger partial charge in [-0.1, -0.05) is 12.8 Å². The summed E-state index contributed by atoms with van der Waals surface area (Å²) in [4.78, 5) is 7.65. The molecule has 1 rings (SSSR count). The van der Waals surface area contributed by atoms with Crippen LogP contribution in [0.25, 0.3) is 0 Å². The fraction of sp³-hybridized carbons (Fsp3) is 0.636. The van der Waals surface area contributed by atoms with Crippen molar-refractivity contribution >= 4 is 17.7 Å². The van der Waals surface area contributed by atoms with Crippen LogP contribution in [0.2, 0.25) is 0 Å². The first-order chi connectivity index (χ1) is 7.83. The van der Waals surface area contributed by atoms with Crippen LogP contribution < -0.4 is 5.32 Å². The monoisotopic (exact) mass is 243 g/mol. The van der Waals surface area contributed by atoms with E-state index in [9.17, 15) is 4.39 Å². The molecule has 0 aliphatic rings. The van der Waals surface area contributed by atoms with E-state index >= 15 is 0 Å². The zero-order valence-corrected chi connectivity index (χ0v) is 10.4. The lowest BCUT2D eigenvalue weighted by Gasteiger charge is -2.03. The van der Waals surface area contributed by atoms with E-state index in [2.05, 4.69) is 21.5 Å². The van der Waals surface area contributed by atoms with Crippen molar-refractivity contribution in [2.75, 3.05) is 23.9 Å². The van der Waals surface area contributed by atoms with Gasteiger partial charge in [-0.2, -0.15) is 11.8 Å². The molecule has 0 unspecified atom stereocenters. The van der Waals surface area contributed by atoms with Crippen LogP contribution in [0.1, 0.15) is 25.7 Å². The molecule has 0 spiro atoms. The fourth-order valence-corrected chi connectivity index (χ4v) is 1.82. The molecule has 1 aromatic heterocycles. The highest BCUT2D eigenvalue weighted by atomic mass is 32.2. The van der Waals surface area contributed by atoms with Crippen molar-refractivity contribution in [3.05, 3.63) is 18.2 Å². The van der Waals surface area contributed by atoms with E-state index < -0.39 is 5.82 Å². The molecule has 16 heavy (non-hydrogen) atoms. The van der Waals surface area contributed by atoms with Gasteiger partial charge in [-0.15, -0.1) is 0 Å². The quantitative estimate of drug-likeness (QED) is 0.712. The first-order valence-electron chi connectivity index (χ1n) is 5.53. The van der Waals surface area contributed by atoms with Crippen molar-refractivity contribution in [1.29, 1.82) is 0 Å². The van der Waals surface area contributed by atoms with Crippen molar-refractivity contribution in [2.24, 2.45) is 0 Å². The highest BCUT2D eigenvalue weighted by Gasteiger charge is 1.95. The number of nitrogens with zero attached hydrogens (tertiary/aromatic N) is 2. The van der Waals surface area contributed by atoms with Crippen LogP contribution in [0.15, 0.2) is 12.4 Å². The molecular formula is C11H18FN3S. The summed E-state index contributed by atoms with van der Waals surface area (Å²) in [7, 11) is 0. The summed E-state index contributed by atoms with van der Waals surface area (Å²) in [5.41, 5.74) is 0. The minimum atomic E-state index is -0.400. The van der Waals surface area contributed by atoms with Crippen molar-refractivity contribution in [3.63, 3.8) is 0 Å². The molecule has 90 valence electrons. The van der Waals surface area contributed by atoms with Crippen molar-refractivity contribution in [3.8, 4) is 0 Å². The summed E-state index contributed by atoms with van der Waals surface area (Å²) in [6.45, 7) is 0.852. The number of hydrogen-bond donors (Lipinski definition) is 1. The number of unbranched alkanes of at least 4 members (excludes halogenated alkanes) is 3. The van der Waals surface area contributed by atoms with Crippen LogP contribution >= 0.6 is 11.8 Å². The third-order valence-corrected chi connectivity index (χ3v) is 2.88. The molecule has 0 aliphatic carbocycles. The molecule has 1 heterocycles. The lowest BCUT2D eigenvalue weighted by molar-refractivity contribution is 0.613. The van der Waals surface area contributed by atoms with Gasteiger partial charge in [-0.3, -0.25) is 0 Å². The van der Waals surface area contributed by atoms with Crippen LogP contribution in [0, 0.1) is 5.82 Å². The normalized spacial score (nSPS) is 10.4. The van der Waals surface area contributed by atoms with Gasteiger partial charge in [0.2, 0.25) is 5.95 Å². The van der Waals surface area contributed by atoms with Crippen molar-refractivity contribution < 1.29 is 4.39 Å². The summed E-state index contributed by atoms with van der Waals surface area (Å²) in [5, 5.41) is 3.07. The summed E-state index contributed by atoms with van der Waals surface area (Å²) in [6, 6.07) is 0. The van der Waals surface area contributed by atoms with Crippen molar-refractivity contribution in [2.45, 2.75) is 25.7 Å². The molecule has 5 heteroatoms. The summed E-state index contributed by atoms with van der Waals surface area (Å²) in [6.07, 6.45) is 9.36. The zero-order chi connectivity index (χ0) is 11.6.